The van der Waals surface area contributed by atoms with Gasteiger partial charge in [0.05, 0.1) is 39.5 Å². The quantitative estimate of drug-likeness (QED) is 0.415. The maximum atomic E-state index is 14.8. The smallest absolute Gasteiger partial charge is 0.229 e. The number of aryl methyl sites for hydroxylation is 2. The fourth-order valence-corrected chi connectivity index (χ4v) is 5.90. The molecule has 9 nitrogen and oxygen atoms in total. The van der Waals surface area contributed by atoms with Crippen LogP contribution in [0, 0.1) is 12.7 Å². The number of hydrogen-bond acceptors (Lipinski definition) is 9. The van der Waals surface area contributed by atoms with Crippen LogP contribution in [0.4, 0.5) is 21.8 Å². The van der Waals surface area contributed by atoms with Gasteiger partial charge in [-0.15, -0.1) is 11.3 Å². The highest BCUT2D eigenvalue weighted by Crippen LogP contribution is 2.41. The zero-order valence-corrected chi connectivity index (χ0v) is 21.1. The molecule has 35 heavy (non-hydrogen) atoms. The summed E-state index contributed by atoms with van der Waals surface area (Å²) in [4.78, 5) is 18.5. The van der Waals surface area contributed by atoms with Crippen molar-refractivity contribution in [3.63, 3.8) is 0 Å². The Hall–Kier alpha value is -3.15. The molecule has 1 aliphatic heterocycles. The Morgan fingerprint density at radius 2 is 1.94 bits per heavy atom. The lowest BCUT2D eigenvalue weighted by molar-refractivity contribution is 0.190. The number of rotatable bonds is 6. The summed E-state index contributed by atoms with van der Waals surface area (Å²) in [5.74, 6) is 0.338. The number of piperazine rings is 1. The summed E-state index contributed by atoms with van der Waals surface area (Å²) in [7, 11) is 1.80. The molecule has 0 amide bonds. The van der Waals surface area contributed by atoms with Crippen LogP contribution in [0.1, 0.15) is 31.2 Å². The Kier molecular flexibility index (Phi) is 6.39. The van der Waals surface area contributed by atoms with E-state index in [-0.39, 0.29) is 11.6 Å². The van der Waals surface area contributed by atoms with Crippen LogP contribution in [-0.4, -0.2) is 67.5 Å². The van der Waals surface area contributed by atoms with Crippen LogP contribution >= 0.6 is 11.3 Å². The van der Waals surface area contributed by atoms with Crippen molar-refractivity contribution < 1.29 is 9.50 Å². The summed E-state index contributed by atoms with van der Waals surface area (Å²) in [6.45, 7) is 10.9. The number of fused-ring (bicyclic) bond motifs is 1. The number of hydrogen-bond donors (Lipinski definition) is 2. The predicted octanol–water partition coefficient (Wildman–Crippen LogP) is 3.87. The van der Waals surface area contributed by atoms with E-state index in [1.54, 1.807) is 18.7 Å². The largest absolute Gasteiger partial charge is 0.387 e. The zero-order valence-electron chi connectivity index (χ0n) is 20.3. The van der Waals surface area contributed by atoms with Crippen LogP contribution in [0.3, 0.4) is 0 Å². The third-order valence-electron chi connectivity index (χ3n) is 6.47. The fourth-order valence-electron chi connectivity index (χ4n) is 4.51. The first-order valence-electron chi connectivity index (χ1n) is 11.7. The second kappa shape index (κ2) is 9.48. The first-order valence-corrected chi connectivity index (χ1v) is 12.5. The minimum Gasteiger partial charge on any atom is -0.387 e. The van der Waals surface area contributed by atoms with E-state index < -0.39 is 11.9 Å². The lowest BCUT2D eigenvalue weighted by atomic mass is 10.2. The summed E-state index contributed by atoms with van der Waals surface area (Å²) in [6, 6.07) is 3.91. The van der Waals surface area contributed by atoms with Gasteiger partial charge < -0.3 is 20.2 Å². The molecule has 4 aromatic rings. The topological polar surface area (TPSA) is 95.2 Å². The molecule has 0 aliphatic carbocycles. The van der Waals surface area contributed by atoms with Gasteiger partial charge in [-0.1, -0.05) is 6.92 Å². The van der Waals surface area contributed by atoms with E-state index in [2.05, 4.69) is 42.1 Å². The summed E-state index contributed by atoms with van der Waals surface area (Å²) in [5, 5.41) is 17.8. The molecule has 0 bridgehead atoms. The molecule has 0 radical (unpaired) electrons. The molecule has 4 aromatic heterocycles. The van der Waals surface area contributed by atoms with Crippen molar-refractivity contribution in [1.29, 1.82) is 0 Å². The van der Waals surface area contributed by atoms with Crippen molar-refractivity contribution in [3.8, 4) is 10.6 Å². The molecule has 1 atom stereocenters. The molecule has 5 heterocycles. The highest BCUT2D eigenvalue weighted by molar-refractivity contribution is 7.22. The summed E-state index contributed by atoms with van der Waals surface area (Å²) < 4.78 is 17.3. The summed E-state index contributed by atoms with van der Waals surface area (Å²) in [6.07, 6.45) is 2.32. The van der Waals surface area contributed by atoms with Gasteiger partial charge in [-0.3, -0.25) is 4.68 Å². The lowest BCUT2D eigenvalue weighted by Crippen LogP contribution is -2.46. The minimum absolute atomic E-state index is 0.201. The Morgan fingerprint density at radius 3 is 2.60 bits per heavy atom. The van der Waals surface area contributed by atoms with Gasteiger partial charge in [0.2, 0.25) is 5.95 Å². The van der Waals surface area contributed by atoms with E-state index in [4.69, 9.17) is 0 Å². The van der Waals surface area contributed by atoms with Gasteiger partial charge in [0.1, 0.15) is 17.0 Å². The van der Waals surface area contributed by atoms with Crippen molar-refractivity contribution in [1.82, 2.24) is 29.6 Å². The molecule has 1 unspecified atom stereocenters. The van der Waals surface area contributed by atoms with Crippen LogP contribution in [-0.2, 0) is 7.05 Å². The second-order valence-corrected chi connectivity index (χ2v) is 9.78. The van der Waals surface area contributed by atoms with Gasteiger partial charge in [0.25, 0.3) is 0 Å². The molecular formula is C24H29FN8OS. The van der Waals surface area contributed by atoms with Gasteiger partial charge >= 0.3 is 0 Å². The highest BCUT2D eigenvalue weighted by atomic mass is 32.1. The SMILES string of the molecule is CCN1CCN(c2ccc(Nc3ncc(F)c(-c4sc5c(C(C)O)n(C)nc5c4C)n3)nc2)CC1. The number of aromatic nitrogens is 5. The van der Waals surface area contributed by atoms with Gasteiger partial charge in [0, 0.05) is 33.2 Å². The standard InChI is InChI=1S/C24H29FN8OS/c1-5-32-8-10-33(11-9-32)16-6-7-18(26-12-16)28-24-27-13-17(25)20(29-24)22-14(2)19-23(35-22)21(15(3)34)31(4)30-19/h6-7,12-13,15,34H,5,8-11H2,1-4H3,(H,26,27,28,29). The number of nitrogens with one attached hydrogen (secondary N) is 1. The average Bonchev–Trinajstić information content (AvgIpc) is 3.35. The second-order valence-electron chi connectivity index (χ2n) is 8.76. The summed E-state index contributed by atoms with van der Waals surface area (Å²) in [5.41, 5.74) is 3.55. The number of anilines is 3. The monoisotopic (exact) mass is 496 g/mol. The van der Waals surface area contributed by atoms with Crippen LogP contribution in [0.25, 0.3) is 20.8 Å². The van der Waals surface area contributed by atoms with Gasteiger partial charge in [-0.25, -0.2) is 19.3 Å². The van der Waals surface area contributed by atoms with Gasteiger partial charge in [-0.2, -0.15) is 5.10 Å². The Morgan fingerprint density at radius 1 is 1.17 bits per heavy atom. The molecule has 5 rings (SSSR count). The van der Waals surface area contributed by atoms with Crippen molar-refractivity contribution in [2.45, 2.75) is 26.9 Å². The van der Waals surface area contributed by atoms with Gasteiger partial charge in [0.15, 0.2) is 5.82 Å². The molecule has 0 spiro atoms. The van der Waals surface area contributed by atoms with Gasteiger partial charge in [-0.05, 0) is 38.1 Å². The Bertz CT molecular complexity index is 1340. The fraction of sp³-hybridized carbons (Fsp3) is 0.417. The van der Waals surface area contributed by atoms with E-state index in [0.717, 1.165) is 54.2 Å². The number of pyridine rings is 1. The Balaban J connectivity index is 1.38. The molecular weight excluding hydrogens is 467 g/mol. The first-order chi connectivity index (χ1) is 16.9. The number of aliphatic hydroxyl groups excluding tert-OH is 1. The molecule has 0 aromatic carbocycles. The molecule has 2 N–H and O–H groups in total. The molecule has 1 fully saturated rings. The number of nitrogens with zero attached hydrogens (tertiary/aromatic N) is 7. The molecule has 0 saturated carbocycles. The zero-order chi connectivity index (χ0) is 24.7. The number of likely N-dealkylation sites (N-methyl/N-ethyl adjacent to an activating group) is 1. The van der Waals surface area contributed by atoms with Crippen LogP contribution in [0.2, 0.25) is 0 Å². The highest BCUT2D eigenvalue weighted by Gasteiger charge is 2.23. The molecule has 1 saturated heterocycles. The van der Waals surface area contributed by atoms with Crippen LogP contribution in [0.15, 0.2) is 24.5 Å². The van der Waals surface area contributed by atoms with E-state index in [9.17, 15) is 9.50 Å². The number of aliphatic hydroxyl groups is 1. The third kappa shape index (κ3) is 4.46. The van der Waals surface area contributed by atoms with E-state index in [0.29, 0.717) is 16.4 Å². The van der Waals surface area contributed by atoms with E-state index >= 15 is 0 Å². The molecule has 184 valence electrons. The minimum atomic E-state index is -0.687. The maximum absolute atomic E-state index is 14.8. The lowest BCUT2D eigenvalue weighted by Gasteiger charge is -2.35. The van der Waals surface area contributed by atoms with Crippen molar-refractivity contribution in [2.75, 3.05) is 42.9 Å². The van der Waals surface area contributed by atoms with Crippen molar-refractivity contribution in [2.24, 2.45) is 7.05 Å². The number of thiophene rings is 1. The van der Waals surface area contributed by atoms with Crippen molar-refractivity contribution in [3.05, 3.63) is 41.6 Å². The normalized spacial score (nSPS) is 15.7. The third-order valence-corrected chi connectivity index (χ3v) is 7.78. The van der Waals surface area contributed by atoms with Crippen LogP contribution < -0.4 is 10.2 Å². The van der Waals surface area contributed by atoms with E-state index in [1.807, 2.05) is 25.3 Å². The van der Waals surface area contributed by atoms with E-state index in [1.165, 1.54) is 17.5 Å². The predicted molar refractivity (Wildman–Crippen MR) is 137 cm³/mol. The first kappa shape index (κ1) is 23.6. The van der Waals surface area contributed by atoms with Crippen LogP contribution in [0.5, 0.6) is 0 Å². The Labute approximate surface area is 207 Å². The average molecular weight is 497 g/mol. The molecule has 1 aliphatic rings. The van der Waals surface area contributed by atoms with Crippen molar-refractivity contribution >= 4 is 39.0 Å². The molecule has 11 heteroatoms. The number of halogens is 1. The maximum Gasteiger partial charge on any atom is 0.229 e. The summed E-state index contributed by atoms with van der Waals surface area (Å²) >= 11 is 1.38.